The molecule has 0 atom stereocenters. The average molecular weight is 631 g/mol. The summed E-state index contributed by atoms with van der Waals surface area (Å²) in [4.78, 5) is 4.55. The molecule has 0 saturated carbocycles. The Morgan fingerprint density at radius 1 is 0.953 bits per heavy atom. The van der Waals surface area contributed by atoms with Crippen molar-refractivity contribution in [3.05, 3.63) is 53.3 Å². The van der Waals surface area contributed by atoms with E-state index in [-0.39, 0.29) is 12.4 Å². The molecule has 2 aromatic heterocycles. The van der Waals surface area contributed by atoms with Gasteiger partial charge in [0.2, 0.25) is 21.8 Å². The molecule has 12 heteroatoms. The Labute approximate surface area is 257 Å². The highest BCUT2D eigenvalue weighted by atomic mass is 32.2. The van der Waals surface area contributed by atoms with E-state index in [0.29, 0.717) is 65.7 Å². The zero-order valence-corrected chi connectivity index (χ0v) is 28.7. The van der Waals surface area contributed by atoms with Crippen LogP contribution in [0.1, 0.15) is 58.4 Å². The Balaban J connectivity index is 1.85. The quantitative estimate of drug-likeness (QED) is 0.227. The van der Waals surface area contributed by atoms with Crippen LogP contribution in [-0.4, -0.2) is 65.2 Å². The number of nitrogens with zero attached hydrogens (tertiary/aromatic N) is 4. The zero-order chi connectivity index (χ0) is 31.5. The predicted octanol–water partition coefficient (Wildman–Crippen LogP) is 5.92. The van der Waals surface area contributed by atoms with Gasteiger partial charge in [-0.25, -0.2) is 18.1 Å². The molecule has 0 bridgehead atoms. The summed E-state index contributed by atoms with van der Waals surface area (Å²) in [7, 11) is -2.94. The molecule has 0 spiro atoms. The zero-order valence-electron chi connectivity index (χ0n) is 26.9. The van der Waals surface area contributed by atoms with Crippen LogP contribution in [0.4, 0.5) is 5.69 Å². The van der Waals surface area contributed by atoms with Crippen LogP contribution in [-0.2, 0) is 34.1 Å². The molecule has 0 radical (unpaired) electrons. The molecular weight excluding hydrogens is 585 g/mol. The second-order valence-corrected chi connectivity index (χ2v) is 19.3. The number of rotatable bonds is 12. The molecule has 0 amide bonds. The van der Waals surface area contributed by atoms with Gasteiger partial charge in [0.05, 0.1) is 57.8 Å². The van der Waals surface area contributed by atoms with Crippen molar-refractivity contribution >= 4 is 24.0 Å². The molecule has 4 rings (SSSR count). The first kappa shape index (κ1) is 32.8. The van der Waals surface area contributed by atoms with Gasteiger partial charge >= 0.3 is 0 Å². The number of aromatic nitrogens is 3. The number of hydrogen-bond acceptors (Lipinski definition) is 8. The summed E-state index contributed by atoms with van der Waals surface area (Å²) in [5.74, 6) is 1.54. The summed E-state index contributed by atoms with van der Waals surface area (Å²) in [6, 6.07) is 9.06. The molecule has 3 aromatic rings. The molecule has 1 aliphatic heterocycles. The number of ether oxygens (including phenoxy) is 3. The molecule has 0 fully saturated rings. The van der Waals surface area contributed by atoms with Gasteiger partial charge in [-0.2, -0.15) is 0 Å². The lowest BCUT2D eigenvalue weighted by Crippen LogP contribution is -2.51. The minimum atomic E-state index is -3.72. The molecule has 10 nitrogen and oxygen atoms in total. The van der Waals surface area contributed by atoms with Crippen LogP contribution < -0.4 is 18.2 Å². The van der Waals surface area contributed by atoms with Crippen LogP contribution in [0.2, 0.25) is 16.6 Å². The van der Waals surface area contributed by atoms with E-state index in [9.17, 15) is 8.42 Å². The Hall–Kier alpha value is -3.09. The lowest BCUT2D eigenvalue weighted by Gasteiger charge is -2.41. The number of methoxy groups -OCH3 is 2. The van der Waals surface area contributed by atoms with E-state index >= 15 is 0 Å². The van der Waals surface area contributed by atoms with Gasteiger partial charge in [0.25, 0.3) is 8.32 Å². The van der Waals surface area contributed by atoms with E-state index in [1.165, 1.54) is 17.7 Å². The molecule has 1 aliphatic rings. The minimum Gasteiger partial charge on any atom is -0.529 e. The molecule has 43 heavy (non-hydrogen) atoms. The number of fused-ring (bicyclic) bond motifs is 1. The predicted molar refractivity (Wildman–Crippen MR) is 172 cm³/mol. The highest BCUT2D eigenvalue weighted by Gasteiger charge is 2.48. The van der Waals surface area contributed by atoms with E-state index in [1.54, 1.807) is 31.5 Å². The van der Waals surface area contributed by atoms with Gasteiger partial charge < -0.3 is 18.6 Å². The molecule has 236 valence electrons. The monoisotopic (exact) mass is 630 g/mol. The first-order valence-electron chi connectivity index (χ1n) is 14.9. The fourth-order valence-corrected chi connectivity index (χ4v) is 12.5. The Bertz CT molecular complexity index is 1480. The molecule has 0 N–H and O–H groups in total. The lowest BCUT2D eigenvalue weighted by molar-refractivity contribution is 0.145. The molecular formula is C31H46N4O6SSi. The Morgan fingerprint density at radius 2 is 1.58 bits per heavy atom. The maximum atomic E-state index is 13.2. The van der Waals surface area contributed by atoms with E-state index in [0.717, 1.165) is 16.8 Å². The number of sulfonamides is 1. The van der Waals surface area contributed by atoms with Crippen molar-refractivity contribution in [2.45, 2.75) is 77.6 Å². The third kappa shape index (κ3) is 6.70. The van der Waals surface area contributed by atoms with Crippen LogP contribution >= 0.6 is 0 Å². The molecule has 1 aromatic carbocycles. The first-order chi connectivity index (χ1) is 20.3. The van der Waals surface area contributed by atoms with Crippen molar-refractivity contribution in [3.8, 4) is 23.2 Å². The minimum absolute atomic E-state index is 0.0923. The Morgan fingerprint density at radius 3 is 2.14 bits per heavy atom. The molecule has 0 aliphatic carbocycles. The maximum absolute atomic E-state index is 13.2. The lowest BCUT2D eigenvalue weighted by atomic mass is 10.1. The van der Waals surface area contributed by atoms with Gasteiger partial charge in [-0.15, -0.1) is 5.10 Å². The van der Waals surface area contributed by atoms with Crippen molar-refractivity contribution in [2.24, 2.45) is 0 Å². The summed E-state index contributed by atoms with van der Waals surface area (Å²) in [5.41, 5.74) is 4.92. The van der Waals surface area contributed by atoms with Crippen LogP contribution in [0.3, 0.4) is 0 Å². The van der Waals surface area contributed by atoms with Crippen molar-refractivity contribution in [3.63, 3.8) is 0 Å². The third-order valence-electron chi connectivity index (χ3n) is 8.42. The standard InChI is InChI=1S/C31H46N4O6SSi/c1-21(2)43(22(3)4,23(5)6)41-30-27-14-16-40-17-15-28(27)35(33-30)25-18-29(31(39-8)32-19-25)34(42(9,36)37)20-24-10-12-26(38-7)13-11-24/h10-13,18-19,21-23H,14-17,20H2,1-9H3. The van der Waals surface area contributed by atoms with Gasteiger partial charge in [-0.05, 0) is 40.4 Å². The molecule has 0 unspecified atom stereocenters. The summed E-state index contributed by atoms with van der Waals surface area (Å²) in [6.07, 6.45) is 4.18. The second kappa shape index (κ2) is 13.3. The average Bonchev–Trinajstić information content (AvgIpc) is 3.11. The maximum Gasteiger partial charge on any atom is 0.260 e. The topological polar surface area (TPSA) is 105 Å². The fourth-order valence-electron chi connectivity index (χ4n) is 6.39. The van der Waals surface area contributed by atoms with E-state index in [4.69, 9.17) is 23.7 Å². The van der Waals surface area contributed by atoms with Gasteiger partial charge in [0.1, 0.15) is 11.4 Å². The molecule has 0 saturated heterocycles. The van der Waals surface area contributed by atoms with Crippen molar-refractivity contribution in [2.75, 3.05) is 38.0 Å². The van der Waals surface area contributed by atoms with Crippen molar-refractivity contribution in [1.82, 2.24) is 14.8 Å². The fraction of sp³-hybridized carbons (Fsp3) is 0.548. The smallest absolute Gasteiger partial charge is 0.260 e. The highest BCUT2D eigenvalue weighted by molar-refractivity contribution is 7.92. The van der Waals surface area contributed by atoms with Gasteiger partial charge in [0.15, 0.2) is 0 Å². The normalized spacial score (nSPS) is 14.1. The van der Waals surface area contributed by atoms with Gasteiger partial charge in [-0.3, -0.25) is 4.31 Å². The van der Waals surface area contributed by atoms with E-state index < -0.39 is 18.3 Å². The number of pyridine rings is 1. The van der Waals surface area contributed by atoms with Crippen molar-refractivity contribution in [1.29, 1.82) is 0 Å². The largest absolute Gasteiger partial charge is 0.529 e. The highest BCUT2D eigenvalue weighted by Crippen LogP contribution is 2.44. The molecule has 3 heterocycles. The van der Waals surface area contributed by atoms with E-state index in [2.05, 4.69) is 46.5 Å². The van der Waals surface area contributed by atoms with Crippen LogP contribution in [0.25, 0.3) is 5.69 Å². The number of hydrogen-bond donors (Lipinski definition) is 0. The van der Waals surface area contributed by atoms with Crippen molar-refractivity contribution < 1.29 is 27.1 Å². The van der Waals surface area contributed by atoms with Crippen LogP contribution in [0.5, 0.6) is 17.5 Å². The summed E-state index contributed by atoms with van der Waals surface area (Å²) >= 11 is 0. The summed E-state index contributed by atoms with van der Waals surface area (Å²) < 4.78 is 53.3. The van der Waals surface area contributed by atoms with Gasteiger partial charge in [0, 0.05) is 18.4 Å². The first-order valence-corrected chi connectivity index (χ1v) is 18.8. The number of benzene rings is 1. The second-order valence-electron chi connectivity index (χ2n) is 12.0. The van der Waals surface area contributed by atoms with Crippen LogP contribution in [0.15, 0.2) is 36.5 Å². The van der Waals surface area contributed by atoms with Gasteiger partial charge in [-0.1, -0.05) is 53.7 Å². The SMILES string of the molecule is COc1ccc(CN(c2cc(-n3nc(O[Si](C(C)C)(C(C)C)C(C)C)c4c3CCOCC4)cnc2OC)S(C)(=O)=O)cc1. The van der Waals surface area contributed by atoms with E-state index in [1.807, 2.05) is 16.8 Å². The van der Waals surface area contributed by atoms with Crippen LogP contribution in [0, 0.1) is 0 Å². The number of anilines is 1. The summed E-state index contributed by atoms with van der Waals surface area (Å²) in [6.45, 7) is 14.8. The Kier molecular flexibility index (Phi) is 10.1. The summed E-state index contributed by atoms with van der Waals surface area (Å²) in [5, 5.41) is 5.07. The third-order valence-corrected chi connectivity index (χ3v) is 15.5.